The van der Waals surface area contributed by atoms with Crippen LogP contribution in [0, 0.1) is 0 Å². The highest BCUT2D eigenvalue weighted by Gasteiger charge is 2.18. The summed E-state index contributed by atoms with van der Waals surface area (Å²) in [6.45, 7) is -0.591. The first-order valence-electron chi connectivity index (χ1n) is 5.37. The van der Waals surface area contributed by atoms with Crippen molar-refractivity contribution in [2.75, 3.05) is 0 Å². The molecular formula is C12H12F2N2O3. The summed E-state index contributed by atoms with van der Waals surface area (Å²) in [5.74, 6) is -1.11. The zero-order valence-corrected chi connectivity index (χ0v) is 10.3. The molecule has 1 aromatic rings. The molecule has 0 aromatic heterocycles. The van der Waals surface area contributed by atoms with E-state index in [4.69, 9.17) is 0 Å². The van der Waals surface area contributed by atoms with E-state index in [-0.39, 0.29) is 11.4 Å². The molecule has 0 unspecified atom stereocenters. The standard InChI is InChI=1S/C12H12F2N2O3/c1-7(17)11(8(2)18)16-15-9-5-3-4-6-10(9)19-12(13)14/h3-6,11-12H,1-2H3. The van der Waals surface area contributed by atoms with Gasteiger partial charge in [-0.1, -0.05) is 12.1 Å². The monoisotopic (exact) mass is 270 g/mol. The summed E-state index contributed by atoms with van der Waals surface area (Å²) in [7, 11) is 0. The number of ketones is 2. The van der Waals surface area contributed by atoms with E-state index in [0.29, 0.717) is 0 Å². The summed E-state index contributed by atoms with van der Waals surface area (Å²) >= 11 is 0. The molecule has 1 rings (SSSR count). The van der Waals surface area contributed by atoms with Gasteiger partial charge >= 0.3 is 6.61 Å². The SMILES string of the molecule is CC(=O)C(N=Nc1ccccc1OC(F)F)C(C)=O. The summed E-state index contributed by atoms with van der Waals surface area (Å²) in [4.78, 5) is 22.3. The first kappa shape index (κ1) is 14.9. The molecule has 0 amide bonds. The molecule has 102 valence electrons. The Bertz CT molecular complexity index is 490. The number of para-hydroxylation sites is 1. The maximum absolute atomic E-state index is 12.2. The largest absolute Gasteiger partial charge is 0.432 e. The van der Waals surface area contributed by atoms with Crippen LogP contribution in [0.25, 0.3) is 0 Å². The molecule has 0 saturated heterocycles. The fraction of sp³-hybridized carbons (Fsp3) is 0.333. The smallest absolute Gasteiger partial charge is 0.387 e. The number of alkyl halides is 2. The number of Topliss-reactive ketones (excluding diaryl/α,β-unsaturated/α-hetero) is 2. The number of hydrogen-bond acceptors (Lipinski definition) is 5. The average molecular weight is 270 g/mol. The van der Waals surface area contributed by atoms with E-state index in [0.717, 1.165) is 0 Å². The lowest BCUT2D eigenvalue weighted by Crippen LogP contribution is -2.23. The molecule has 0 fully saturated rings. The topological polar surface area (TPSA) is 68.1 Å². The zero-order chi connectivity index (χ0) is 14.4. The Morgan fingerprint density at radius 1 is 1.16 bits per heavy atom. The molecule has 0 aliphatic heterocycles. The van der Waals surface area contributed by atoms with Gasteiger partial charge in [-0.3, -0.25) is 9.59 Å². The van der Waals surface area contributed by atoms with Crippen molar-refractivity contribution >= 4 is 17.3 Å². The Morgan fingerprint density at radius 3 is 2.26 bits per heavy atom. The van der Waals surface area contributed by atoms with Crippen molar-refractivity contribution in [1.82, 2.24) is 0 Å². The highest BCUT2D eigenvalue weighted by Crippen LogP contribution is 2.28. The number of ether oxygens (including phenoxy) is 1. The zero-order valence-electron chi connectivity index (χ0n) is 10.3. The van der Waals surface area contributed by atoms with Crippen LogP contribution in [0.1, 0.15) is 13.8 Å². The van der Waals surface area contributed by atoms with E-state index in [9.17, 15) is 18.4 Å². The normalized spacial score (nSPS) is 11.3. The number of halogens is 2. The van der Waals surface area contributed by atoms with Crippen molar-refractivity contribution in [3.05, 3.63) is 24.3 Å². The van der Waals surface area contributed by atoms with Crippen LogP contribution in [0.4, 0.5) is 14.5 Å². The van der Waals surface area contributed by atoms with Gasteiger partial charge in [0.1, 0.15) is 5.69 Å². The van der Waals surface area contributed by atoms with Gasteiger partial charge < -0.3 is 4.74 Å². The molecule has 0 spiro atoms. The maximum atomic E-state index is 12.2. The fourth-order valence-electron chi connectivity index (χ4n) is 1.30. The minimum Gasteiger partial charge on any atom is -0.432 e. The van der Waals surface area contributed by atoms with Crippen LogP contribution < -0.4 is 4.74 Å². The van der Waals surface area contributed by atoms with Crippen LogP contribution in [-0.4, -0.2) is 24.2 Å². The van der Waals surface area contributed by atoms with Crippen molar-refractivity contribution < 1.29 is 23.1 Å². The first-order chi connectivity index (χ1) is 8.91. The third-order valence-electron chi connectivity index (χ3n) is 2.13. The Kier molecular flexibility index (Phi) is 5.23. The Hall–Kier alpha value is -2.18. The quantitative estimate of drug-likeness (QED) is 0.589. The lowest BCUT2D eigenvalue weighted by atomic mass is 10.1. The molecule has 0 aliphatic carbocycles. The third kappa shape index (κ3) is 4.53. The number of carbonyl (C=O) groups is 2. The van der Waals surface area contributed by atoms with Gasteiger partial charge in [-0.05, 0) is 26.0 Å². The molecule has 1 aromatic carbocycles. The molecule has 0 bridgehead atoms. The average Bonchev–Trinajstić information content (AvgIpc) is 2.29. The Morgan fingerprint density at radius 2 is 1.74 bits per heavy atom. The minimum absolute atomic E-state index is 0.0234. The molecule has 7 heteroatoms. The van der Waals surface area contributed by atoms with Gasteiger partial charge in [-0.15, -0.1) is 0 Å². The number of hydrogen-bond donors (Lipinski definition) is 0. The fourth-order valence-corrected chi connectivity index (χ4v) is 1.30. The van der Waals surface area contributed by atoms with Crippen LogP contribution >= 0.6 is 0 Å². The van der Waals surface area contributed by atoms with Crippen molar-refractivity contribution in [1.29, 1.82) is 0 Å². The number of benzene rings is 1. The summed E-state index contributed by atoms with van der Waals surface area (Å²) in [6.07, 6.45) is 0. The van der Waals surface area contributed by atoms with Gasteiger partial charge in [0.25, 0.3) is 0 Å². The predicted molar refractivity (Wildman–Crippen MR) is 62.7 cm³/mol. The van der Waals surface area contributed by atoms with Gasteiger partial charge in [0.15, 0.2) is 23.4 Å². The summed E-state index contributed by atoms with van der Waals surface area (Å²) in [6, 6.07) is 4.49. The summed E-state index contributed by atoms with van der Waals surface area (Å²) < 4.78 is 28.5. The second-order valence-corrected chi connectivity index (χ2v) is 3.69. The van der Waals surface area contributed by atoms with Gasteiger partial charge in [0, 0.05) is 0 Å². The van der Waals surface area contributed by atoms with Crippen LogP contribution in [-0.2, 0) is 9.59 Å². The number of azo groups is 1. The molecular weight excluding hydrogens is 258 g/mol. The molecule has 0 aliphatic rings. The van der Waals surface area contributed by atoms with E-state index in [2.05, 4.69) is 15.0 Å². The maximum Gasteiger partial charge on any atom is 0.387 e. The summed E-state index contributed by atoms with van der Waals surface area (Å²) in [5, 5.41) is 7.19. The van der Waals surface area contributed by atoms with E-state index >= 15 is 0 Å². The van der Waals surface area contributed by atoms with Crippen molar-refractivity contribution in [2.24, 2.45) is 10.2 Å². The molecule has 0 radical (unpaired) electrons. The molecule has 19 heavy (non-hydrogen) atoms. The number of nitrogens with zero attached hydrogens (tertiary/aromatic N) is 2. The molecule has 0 saturated carbocycles. The Labute approximate surface area is 108 Å². The lowest BCUT2D eigenvalue weighted by molar-refractivity contribution is -0.126. The van der Waals surface area contributed by atoms with Crippen LogP contribution in [0.3, 0.4) is 0 Å². The third-order valence-corrected chi connectivity index (χ3v) is 2.13. The second kappa shape index (κ2) is 6.67. The first-order valence-corrected chi connectivity index (χ1v) is 5.37. The summed E-state index contributed by atoms with van der Waals surface area (Å²) in [5.41, 5.74) is 0.0234. The molecule has 0 atom stereocenters. The van der Waals surface area contributed by atoms with E-state index in [1.165, 1.54) is 32.0 Å². The highest BCUT2D eigenvalue weighted by molar-refractivity contribution is 6.04. The van der Waals surface area contributed by atoms with E-state index < -0.39 is 24.2 Å². The Balaban J connectivity index is 2.98. The minimum atomic E-state index is -2.99. The molecule has 0 N–H and O–H groups in total. The van der Waals surface area contributed by atoms with Crippen LogP contribution in [0.5, 0.6) is 5.75 Å². The van der Waals surface area contributed by atoms with E-state index in [1.54, 1.807) is 6.07 Å². The molecule has 5 nitrogen and oxygen atoms in total. The number of carbonyl (C=O) groups excluding carboxylic acids is 2. The van der Waals surface area contributed by atoms with Crippen LogP contribution in [0.15, 0.2) is 34.5 Å². The second-order valence-electron chi connectivity index (χ2n) is 3.69. The highest BCUT2D eigenvalue weighted by atomic mass is 19.3. The van der Waals surface area contributed by atoms with Gasteiger partial charge in [-0.2, -0.15) is 19.0 Å². The van der Waals surface area contributed by atoms with Gasteiger partial charge in [0.05, 0.1) is 0 Å². The lowest BCUT2D eigenvalue weighted by Gasteiger charge is -2.07. The van der Waals surface area contributed by atoms with Gasteiger partial charge in [-0.25, -0.2) is 0 Å². The predicted octanol–water partition coefficient (Wildman–Crippen LogP) is 2.92. The van der Waals surface area contributed by atoms with Crippen molar-refractivity contribution in [2.45, 2.75) is 26.5 Å². The molecule has 0 heterocycles. The van der Waals surface area contributed by atoms with Gasteiger partial charge in [0.2, 0.25) is 0 Å². The van der Waals surface area contributed by atoms with Crippen molar-refractivity contribution in [3.8, 4) is 5.75 Å². The van der Waals surface area contributed by atoms with Crippen molar-refractivity contribution in [3.63, 3.8) is 0 Å². The van der Waals surface area contributed by atoms with E-state index in [1.807, 2.05) is 0 Å². The number of rotatable bonds is 6. The van der Waals surface area contributed by atoms with Crippen LogP contribution in [0.2, 0.25) is 0 Å².